The van der Waals surface area contributed by atoms with Crippen molar-refractivity contribution in [1.82, 2.24) is 0 Å². The summed E-state index contributed by atoms with van der Waals surface area (Å²) in [5.41, 5.74) is 2.30. The monoisotopic (exact) mass is 242 g/mol. The van der Waals surface area contributed by atoms with Gasteiger partial charge in [0.2, 0.25) is 0 Å². The standard InChI is InChI=1S/C17H22O/c1-12-14-7-3-2-6-13(14)10-11-17(18)16-9-5-4-8-15(12)16/h4-5,8-9,12-14H,2-3,6-7,10-11H2,1H3. The van der Waals surface area contributed by atoms with Gasteiger partial charge in [0.25, 0.3) is 0 Å². The van der Waals surface area contributed by atoms with E-state index < -0.39 is 0 Å². The van der Waals surface area contributed by atoms with Crippen molar-refractivity contribution in [2.24, 2.45) is 11.8 Å². The lowest BCUT2D eigenvalue weighted by molar-refractivity contribution is 0.0940. The van der Waals surface area contributed by atoms with Gasteiger partial charge in [0, 0.05) is 12.0 Å². The van der Waals surface area contributed by atoms with Gasteiger partial charge in [0.05, 0.1) is 0 Å². The normalized spacial score (nSPS) is 32.1. The number of benzene rings is 1. The topological polar surface area (TPSA) is 17.1 Å². The minimum atomic E-state index is 0.362. The number of hydrogen-bond donors (Lipinski definition) is 0. The fourth-order valence-corrected chi connectivity index (χ4v) is 4.08. The van der Waals surface area contributed by atoms with Crippen molar-refractivity contribution in [3.63, 3.8) is 0 Å². The van der Waals surface area contributed by atoms with Crippen LogP contribution in [-0.2, 0) is 0 Å². The minimum Gasteiger partial charge on any atom is -0.294 e. The Labute approximate surface area is 110 Å². The van der Waals surface area contributed by atoms with E-state index in [0.29, 0.717) is 11.7 Å². The molecule has 0 N–H and O–H groups in total. The highest BCUT2D eigenvalue weighted by Crippen LogP contribution is 2.44. The molecule has 2 aliphatic rings. The van der Waals surface area contributed by atoms with Gasteiger partial charge in [-0.15, -0.1) is 0 Å². The summed E-state index contributed by atoms with van der Waals surface area (Å²) in [6.07, 6.45) is 7.30. The summed E-state index contributed by atoms with van der Waals surface area (Å²) in [5.74, 6) is 2.50. The van der Waals surface area contributed by atoms with E-state index in [0.717, 1.165) is 30.2 Å². The first kappa shape index (κ1) is 12.0. The molecule has 0 spiro atoms. The first-order valence-electron chi connectivity index (χ1n) is 7.39. The molecule has 96 valence electrons. The van der Waals surface area contributed by atoms with Crippen LogP contribution in [0, 0.1) is 11.8 Å². The van der Waals surface area contributed by atoms with Gasteiger partial charge in [0.15, 0.2) is 5.78 Å². The first-order chi connectivity index (χ1) is 8.77. The molecule has 0 heterocycles. The second-order valence-corrected chi connectivity index (χ2v) is 6.05. The summed E-state index contributed by atoms with van der Waals surface area (Å²) in [7, 11) is 0. The lowest BCUT2D eigenvalue weighted by Gasteiger charge is -2.38. The summed E-state index contributed by atoms with van der Waals surface area (Å²) in [6, 6.07) is 8.29. The van der Waals surface area contributed by atoms with Gasteiger partial charge in [-0.3, -0.25) is 4.79 Å². The Balaban J connectivity index is 2.01. The fraction of sp³-hybridized carbons (Fsp3) is 0.588. The molecule has 0 aromatic heterocycles. The molecule has 1 saturated carbocycles. The smallest absolute Gasteiger partial charge is 0.163 e. The molecule has 3 unspecified atom stereocenters. The summed E-state index contributed by atoms with van der Waals surface area (Å²) in [4.78, 5) is 12.3. The number of carbonyl (C=O) groups is 1. The van der Waals surface area contributed by atoms with Crippen LogP contribution >= 0.6 is 0 Å². The molecule has 1 aromatic carbocycles. The molecule has 0 saturated heterocycles. The van der Waals surface area contributed by atoms with E-state index in [4.69, 9.17) is 0 Å². The quantitative estimate of drug-likeness (QED) is 0.651. The number of ketones is 1. The summed E-state index contributed by atoms with van der Waals surface area (Å²) in [5, 5.41) is 0. The summed E-state index contributed by atoms with van der Waals surface area (Å²) < 4.78 is 0. The maximum atomic E-state index is 12.3. The van der Waals surface area contributed by atoms with Crippen LogP contribution in [-0.4, -0.2) is 5.78 Å². The molecule has 1 heteroatoms. The van der Waals surface area contributed by atoms with Crippen molar-refractivity contribution in [2.75, 3.05) is 0 Å². The van der Waals surface area contributed by atoms with E-state index >= 15 is 0 Å². The Morgan fingerprint density at radius 1 is 1.06 bits per heavy atom. The number of Topliss-reactive ketones (excluding diaryl/α,β-unsaturated/α-hetero) is 1. The van der Waals surface area contributed by atoms with E-state index in [-0.39, 0.29) is 0 Å². The highest BCUT2D eigenvalue weighted by Gasteiger charge is 2.33. The van der Waals surface area contributed by atoms with Crippen molar-refractivity contribution in [3.8, 4) is 0 Å². The molecule has 1 nitrogen and oxygen atoms in total. The molecule has 3 atom stereocenters. The van der Waals surface area contributed by atoms with Gasteiger partial charge in [-0.2, -0.15) is 0 Å². The van der Waals surface area contributed by atoms with Crippen LogP contribution in [0.2, 0.25) is 0 Å². The number of fused-ring (bicyclic) bond motifs is 2. The second kappa shape index (κ2) is 4.87. The fourth-order valence-electron chi connectivity index (χ4n) is 4.08. The Morgan fingerprint density at radius 2 is 1.83 bits per heavy atom. The van der Waals surface area contributed by atoms with Gasteiger partial charge in [-0.25, -0.2) is 0 Å². The maximum Gasteiger partial charge on any atom is 0.163 e. The molecule has 1 fully saturated rings. The molecular weight excluding hydrogens is 220 g/mol. The van der Waals surface area contributed by atoms with Gasteiger partial charge in [0.1, 0.15) is 0 Å². The number of carbonyl (C=O) groups excluding carboxylic acids is 1. The predicted molar refractivity (Wildman–Crippen MR) is 73.9 cm³/mol. The van der Waals surface area contributed by atoms with Crippen LogP contribution in [0.3, 0.4) is 0 Å². The van der Waals surface area contributed by atoms with E-state index in [9.17, 15) is 4.79 Å². The highest BCUT2D eigenvalue weighted by atomic mass is 16.1. The van der Waals surface area contributed by atoms with Gasteiger partial charge < -0.3 is 0 Å². The van der Waals surface area contributed by atoms with Crippen molar-refractivity contribution in [2.45, 2.75) is 51.4 Å². The molecular formula is C17H22O. The Kier molecular flexibility index (Phi) is 3.23. The van der Waals surface area contributed by atoms with Crippen molar-refractivity contribution < 1.29 is 4.79 Å². The Morgan fingerprint density at radius 3 is 2.72 bits per heavy atom. The van der Waals surface area contributed by atoms with Crippen LogP contribution in [0.5, 0.6) is 0 Å². The van der Waals surface area contributed by atoms with Crippen LogP contribution in [0.25, 0.3) is 0 Å². The SMILES string of the molecule is CC1c2ccccc2C(=O)CCC2CCCCC21. The predicted octanol–water partition coefficient (Wildman–Crippen LogP) is 4.57. The van der Waals surface area contributed by atoms with Crippen LogP contribution in [0.1, 0.15) is 67.3 Å². The first-order valence-corrected chi connectivity index (χ1v) is 7.39. The molecule has 2 aliphatic carbocycles. The average Bonchev–Trinajstić information content (AvgIpc) is 2.43. The minimum absolute atomic E-state index is 0.362. The molecule has 3 rings (SSSR count). The summed E-state index contributed by atoms with van der Waals surface area (Å²) in [6.45, 7) is 2.33. The lowest BCUT2D eigenvalue weighted by atomic mass is 9.67. The Hall–Kier alpha value is -1.11. The molecule has 0 bridgehead atoms. The van der Waals surface area contributed by atoms with Crippen molar-refractivity contribution >= 4 is 5.78 Å². The lowest BCUT2D eigenvalue weighted by Crippen LogP contribution is -2.28. The van der Waals surface area contributed by atoms with Crippen LogP contribution in [0.4, 0.5) is 0 Å². The molecule has 0 aliphatic heterocycles. The van der Waals surface area contributed by atoms with Gasteiger partial charge >= 0.3 is 0 Å². The second-order valence-electron chi connectivity index (χ2n) is 6.05. The Bertz CT molecular complexity index is 449. The van der Waals surface area contributed by atoms with Crippen LogP contribution in [0.15, 0.2) is 24.3 Å². The van der Waals surface area contributed by atoms with E-state index in [1.165, 1.54) is 31.2 Å². The molecule has 1 aromatic rings. The van der Waals surface area contributed by atoms with E-state index in [1.54, 1.807) is 0 Å². The zero-order valence-electron chi connectivity index (χ0n) is 11.2. The molecule has 18 heavy (non-hydrogen) atoms. The van der Waals surface area contributed by atoms with Gasteiger partial charge in [-0.1, -0.05) is 50.5 Å². The average molecular weight is 242 g/mol. The number of rotatable bonds is 0. The number of hydrogen-bond acceptors (Lipinski definition) is 1. The molecule has 0 radical (unpaired) electrons. The van der Waals surface area contributed by atoms with Crippen molar-refractivity contribution in [1.29, 1.82) is 0 Å². The zero-order valence-corrected chi connectivity index (χ0v) is 11.2. The van der Waals surface area contributed by atoms with E-state index in [2.05, 4.69) is 19.1 Å². The van der Waals surface area contributed by atoms with Gasteiger partial charge in [-0.05, 0) is 36.2 Å². The summed E-state index contributed by atoms with van der Waals surface area (Å²) >= 11 is 0. The third kappa shape index (κ3) is 2.00. The third-order valence-electron chi connectivity index (χ3n) is 5.10. The highest BCUT2D eigenvalue weighted by molar-refractivity contribution is 5.97. The zero-order chi connectivity index (χ0) is 12.5. The maximum absolute atomic E-state index is 12.3. The largest absolute Gasteiger partial charge is 0.294 e. The third-order valence-corrected chi connectivity index (χ3v) is 5.10. The molecule has 0 amide bonds. The van der Waals surface area contributed by atoms with E-state index in [1.807, 2.05) is 12.1 Å². The van der Waals surface area contributed by atoms with Crippen molar-refractivity contribution in [3.05, 3.63) is 35.4 Å². The van der Waals surface area contributed by atoms with Crippen LogP contribution < -0.4 is 0 Å².